The lowest BCUT2D eigenvalue weighted by Gasteiger charge is -2.29. The number of halogens is 1. The maximum absolute atomic E-state index is 12.1. The predicted molar refractivity (Wildman–Crippen MR) is 69.6 cm³/mol. The van der Waals surface area contributed by atoms with E-state index in [1.807, 2.05) is 0 Å². The van der Waals surface area contributed by atoms with Crippen LogP contribution in [0, 0.1) is 11.8 Å². The molecule has 1 saturated heterocycles. The quantitative estimate of drug-likeness (QED) is 0.573. The van der Waals surface area contributed by atoms with Gasteiger partial charge in [-0.25, -0.2) is 4.79 Å². The van der Waals surface area contributed by atoms with E-state index in [0.29, 0.717) is 0 Å². The first-order valence-corrected chi connectivity index (χ1v) is 7.02. The van der Waals surface area contributed by atoms with Gasteiger partial charge in [0.1, 0.15) is 11.8 Å². The van der Waals surface area contributed by atoms with Gasteiger partial charge in [-0.15, -0.1) is 0 Å². The number of aliphatic hydroxyl groups excluding tert-OH is 1. The largest absolute Gasteiger partial charge is 0.469 e. The van der Waals surface area contributed by atoms with Crippen LogP contribution in [0.2, 0.25) is 0 Å². The fourth-order valence-electron chi connectivity index (χ4n) is 2.57. The maximum Gasteiger partial charge on any atom is 0.412 e. The number of aliphatic hydroxyl groups is 1. The summed E-state index contributed by atoms with van der Waals surface area (Å²) in [6.07, 6.45) is -1.59. The van der Waals surface area contributed by atoms with Gasteiger partial charge in [0.15, 0.2) is 0 Å². The first-order valence-electron chi connectivity index (χ1n) is 6.10. The molecule has 2 fully saturated rings. The smallest absolute Gasteiger partial charge is 0.412 e. The SMILES string of the molecule is COC(=O)[C@@H]1[C@H]2C(Br)C(O)N(C(=O)OC(C)(C)C)[C@@H]12. The van der Waals surface area contributed by atoms with Crippen LogP contribution in [0.15, 0.2) is 0 Å². The zero-order valence-electron chi connectivity index (χ0n) is 11.3. The highest BCUT2D eigenvalue weighted by atomic mass is 79.9. The molecule has 7 heteroatoms. The summed E-state index contributed by atoms with van der Waals surface area (Å²) in [5, 5.41) is 10.0. The minimum atomic E-state index is -0.981. The lowest BCUT2D eigenvalue weighted by atomic mass is 10.2. The van der Waals surface area contributed by atoms with Crippen LogP contribution in [0.1, 0.15) is 20.8 Å². The van der Waals surface area contributed by atoms with Gasteiger partial charge in [0.25, 0.3) is 0 Å². The number of fused-ring (bicyclic) bond motifs is 1. The van der Waals surface area contributed by atoms with Crippen LogP contribution in [-0.2, 0) is 14.3 Å². The normalized spacial score (nSPS) is 36.7. The van der Waals surface area contributed by atoms with Crippen LogP contribution in [0.3, 0.4) is 0 Å². The number of likely N-dealkylation sites (tertiary alicyclic amines) is 1. The summed E-state index contributed by atoms with van der Waals surface area (Å²) in [7, 11) is 1.31. The van der Waals surface area contributed by atoms with Crippen LogP contribution < -0.4 is 0 Å². The summed E-state index contributed by atoms with van der Waals surface area (Å²) in [6, 6.07) is -0.346. The van der Waals surface area contributed by atoms with E-state index in [4.69, 9.17) is 9.47 Å². The van der Waals surface area contributed by atoms with E-state index >= 15 is 0 Å². The standard InChI is InChI=1S/C12H18BrNO5/c1-12(2,3)19-11(17)14-8-5(7(13)9(14)15)6(8)10(16)18-4/h5-9,15H,1-4H3/t5-,6+,7?,8+,9?/m0/s1. The Kier molecular flexibility index (Phi) is 3.55. The fourth-order valence-corrected chi connectivity index (χ4v) is 3.46. The molecule has 0 spiro atoms. The number of methoxy groups -OCH3 is 1. The summed E-state index contributed by atoms with van der Waals surface area (Å²) < 4.78 is 9.96. The number of hydrogen-bond acceptors (Lipinski definition) is 5. The molecular weight excluding hydrogens is 318 g/mol. The molecule has 1 aliphatic carbocycles. The van der Waals surface area contributed by atoms with Crippen molar-refractivity contribution in [3.63, 3.8) is 0 Å². The molecule has 1 saturated carbocycles. The minimum Gasteiger partial charge on any atom is -0.469 e. The van der Waals surface area contributed by atoms with E-state index in [1.165, 1.54) is 12.0 Å². The molecule has 0 bridgehead atoms. The molecule has 0 radical (unpaired) electrons. The van der Waals surface area contributed by atoms with Gasteiger partial charge in [0.05, 0.1) is 23.9 Å². The number of carbonyl (C=O) groups excluding carboxylic acids is 2. The highest BCUT2D eigenvalue weighted by Gasteiger charge is 2.70. The van der Waals surface area contributed by atoms with Crippen molar-refractivity contribution >= 4 is 28.0 Å². The number of nitrogens with zero attached hydrogens (tertiary/aromatic N) is 1. The summed E-state index contributed by atoms with van der Waals surface area (Å²) in [5.74, 6) is -0.861. The van der Waals surface area contributed by atoms with Crippen molar-refractivity contribution in [3.05, 3.63) is 0 Å². The number of ether oxygens (including phenoxy) is 2. The van der Waals surface area contributed by atoms with E-state index < -0.39 is 17.9 Å². The molecule has 1 N–H and O–H groups in total. The average Bonchev–Trinajstić information content (AvgIpc) is 2.93. The summed E-state index contributed by atoms with van der Waals surface area (Å²) >= 11 is 3.33. The van der Waals surface area contributed by atoms with Crippen molar-refractivity contribution in [1.29, 1.82) is 0 Å². The lowest BCUT2D eigenvalue weighted by Crippen LogP contribution is -2.46. The van der Waals surface area contributed by atoms with Crippen LogP contribution >= 0.6 is 15.9 Å². The third-order valence-electron chi connectivity index (χ3n) is 3.37. The van der Waals surface area contributed by atoms with Crippen LogP contribution in [0.4, 0.5) is 4.79 Å². The van der Waals surface area contributed by atoms with Crippen molar-refractivity contribution in [1.82, 2.24) is 4.90 Å². The Labute approximate surface area is 120 Å². The Morgan fingerprint density at radius 3 is 2.37 bits per heavy atom. The van der Waals surface area contributed by atoms with E-state index in [0.717, 1.165) is 0 Å². The molecule has 1 aliphatic heterocycles. The lowest BCUT2D eigenvalue weighted by molar-refractivity contribution is -0.143. The van der Waals surface area contributed by atoms with Gasteiger partial charge in [-0.3, -0.25) is 9.69 Å². The van der Waals surface area contributed by atoms with Crippen LogP contribution in [0.25, 0.3) is 0 Å². The highest BCUT2D eigenvalue weighted by molar-refractivity contribution is 9.09. The van der Waals surface area contributed by atoms with Gasteiger partial charge in [0, 0.05) is 5.92 Å². The third-order valence-corrected chi connectivity index (χ3v) is 4.46. The number of esters is 1. The first kappa shape index (κ1) is 14.6. The van der Waals surface area contributed by atoms with Crippen LogP contribution in [-0.4, -0.2) is 51.9 Å². The van der Waals surface area contributed by atoms with Gasteiger partial charge >= 0.3 is 12.1 Å². The zero-order chi connectivity index (χ0) is 14.5. The van der Waals surface area contributed by atoms with Crippen molar-refractivity contribution in [3.8, 4) is 0 Å². The Morgan fingerprint density at radius 1 is 1.32 bits per heavy atom. The van der Waals surface area contributed by atoms with E-state index in [9.17, 15) is 14.7 Å². The molecule has 0 aromatic carbocycles. The second kappa shape index (κ2) is 4.63. The predicted octanol–water partition coefficient (Wildman–Crippen LogP) is 1.11. The molecule has 2 aliphatic rings. The number of alkyl halides is 1. The maximum atomic E-state index is 12.1. The zero-order valence-corrected chi connectivity index (χ0v) is 12.9. The molecule has 0 aromatic heterocycles. The Balaban J connectivity index is 2.12. The average molecular weight is 336 g/mol. The van der Waals surface area contributed by atoms with E-state index in [-0.39, 0.29) is 28.7 Å². The Morgan fingerprint density at radius 2 is 1.89 bits per heavy atom. The van der Waals surface area contributed by atoms with Gasteiger partial charge < -0.3 is 14.6 Å². The Bertz CT molecular complexity index is 407. The molecule has 19 heavy (non-hydrogen) atoms. The number of rotatable bonds is 1. The molecule has 5 atom stereocenters. The first-order chi connectivity index (χ1) is 8.69. The van der Waals surface area contributed by atoms with Crippen molar-refractivity contribution in [2.75, 3.05) is 7.11 Å². The molecule has 2 unspecified atom stereocenters. The van der Waals surface area contributed by atoms with Crippen LogP contribution in [0.5, 0.6) is 0 Å². The van der Waals surface area contributed by atoms with E-state index in [2.05, 4.69) is 15.9 Å². The third kappa shape index (κ3) is 2.45. The van der Waals surface area contributed by atoms with Gasteiger partial charge in [0.2, 0.25) is 0 Å². The van der Waals surface area contributed by atoms with Crippen molar-refractivity contribution in [2.24, 2.45) is 11.8 Å². The molecule has 6 nitrogen and oxygen atoms in total. The number of piperidine rings is 1. The fraction of sp³-hybridized carbons (Fsp3) is 0.833. The molecule has 1 heterocycles. The molecule has 2 rings (SSSR count). The van der Waals surface area contributed by atoms with Crippen molar-refractivity contribution in [2.45, 2.75) is 43.5 Å². The number of amides is 1. The topological polar surface area (TPSA) is 76.1 Å². The second-order valence-electron chi connectivity index (χ2n) is 5.86. The summed E-state index contributed by atoms with van der Waals surface area (Å²) in [4.78, 5) is 24.6. The monoisotopic (exact) mass is 335 g/mol. The summed E-state index contributed by atoms with van der Waals surface area (Å²) in [5.41, 5.74) is -0.646. The van der Waals surface area contributed by atoms with Gasteiger partial charge in [-0.2, -0.15) is 0 Å². The number of carbonyl (C=O) groups is 2. The molecular formula is C12H18BrNO5. The minimum absolute atomic E-state index is 0.116. The summed E-state index contributed by atoms with van der Waals surface area (Å²) in [6.45, 7) is 5.25. The Hall–Kier alpha value is -0.820. The molecule has 1 amide bonds. The van der Waals surface area contributed by atoms with Crippen molar-refractivity contribution < 1.29 is 24.2 Å². The molecule has 0 aromatic rings. The van der Waals surface area contributed by atoms with Gasteiger partial charge in [-0.1, -0.05) is 15.9 Å². The van der Waals surface area contributed by atoms with Gasteiger partial charge in [-0.05, 0) is 20.8 Å². The highest BCUT2D eigenvalue weighted by Crippen LogP contribution is 2.56. The second-order valence-corrected chi connectivity index (χ2v) is 6.92. The molecule has 108 valence electrons. The number of hydrogen-bond donors (Lipinski definition) is 1. The van der Waals surface area contributed by atoms with E-state index in [1.54, 1.807) is 20.8 Å².